The lowest BCUT2D eigenvalue weighted by Crippen LogP contribution is -2.04. The number of hydrogen-bond donors (Lipinski definition) is 2. The Hall–Kier alpha value is -2.40. The summed E-state index contributed by atoms with van der Waals surface area (Å²) in [4.78, 5) is 21.1. The van der Waals surface area contributed by atoms with Crippen LogP contribution in [0.25, 0.3) is 11.4 Å². The minimum Gasteiger partial charge on any atom is -0.361 e. The van der Waals surface area contributed by atoms with Crippen molar-refractivity contribution in [3.8, 4) is 11.4 Å². The van der Waals surface area contributed by atoms with Crippen LogP contribution in [0.15, 0.2) is 30.3 Å². The zero-order valence-corrected chi connectivity index (χ0v) is 15.9. The van der Waals surface area contributed by atoms with E-state index in [1.54, 1.807) is 18.3 Å². The summed E-state index contributed by atoms with van der Waals surface area (Å²) in [6.07, 6.45) is 0.962. The van der Waals surface area contributed by atoms with E-state index in [2.05, 4.69) is 41.5 Å². The molecule has 0 bridgehead atoms. The summed E-state index contributed by atoms with van der Waals surface area (Å²) in [5, 5.41) is 4.33. The summed E-state index contributed by atoms with van der Waals surface area (Å²) in [7, 11) is 0. The Morgan fingerprint density at radius 1 is 1.20 bits per heavy atom. The molecule has 0 aliphatic rings. The minimum atomic E-state index is 0.0894. The fraction of sp³-hybridized carbons (Fsp3) is 0.300. The highest BCUT2D eigenvalue weighted by Gasteiger charge is 2.19. The predicted octanol–water partition coefficient (Wildman–Crippen LogP) is 4.92. The predicted molar refractivity (Wildman–Crippen MR) is 105 cm³/mol. The fourth-order valence-corrected chi connectivity index (χ4v) is 4.02. The Labute approximate surface area is 152 Å². The van der Waals surface area contributed by atoms with E-state index in [1.165, 1.54) is 5.56 Å². The summed E-state index contributed by atoms with van der Waals surface area (Å²) in [5.74, 6) is 0.0894. The van der Waals surface area contributed by atoms with E-state index in [1.807, 2.05) is 19.9 Å². The van der Waals surface area contributed by atoms with Crippen molar-refractivity contribution in [2.24, 2.45) is 0 Å². The number of carbonyl (C=O) groups excluding carboxylic acids is 1. The van der Waals surface area contributed by atoms with Crippen LogP contribution < -0.4 is 5.32 Å². The number of Topliss-reactive ketones (excluding diaryl/α,β-unsaturated/α-hetero) is 1. The quantitative estimate of drug-likeness (QED) is 0.618. The van der Waals surface area contributed by atoms with Gasteiger partial charge in [-0.05, 0) is 45.2 Å². The lowest BCUT2D eigenvalue weighted by atomic mass is 10.1. The molecule has 3 aromatic rings. The van der Waals surface area contributed by atoms with Crippen LogP contribution in [-0.4, -0.2) is 22.3 Å². The molecule has 4 nitrogen and oxygen atoms in total. The second-order valence-electron chi connectivity index (χ2n) is 6.27. The van der Waals surface area contributed by atoms with Crippen molar-refractivity contribution in [3.05, 3.63) is 57.6 Å². The first-order chi connectivity index (χ1) is 12.0. The van der Waals surface area contributed by atoms with Gasteiger partial charge in [-0.1, -0.05) is 30.3 Å². The maximum Gasteiger partial charge on any atom is 0.183 e. The van der Waals surface area contributed by atoms with Crippen LogP contribution in [0, 0.1) is 20.8 Å². The molecule has 0 atom stereocenters. The Morgan fingerprint density at radius 2 is 1.92 bits per heavy atom. The molecule has 2 heterocycles. The van der Waals surface area contributed by atoms with Crippen LogP contribution in [0.3, 0.4) is 0 Å². The summed E-state index contributed by atoms with van der Waals surface area (Å²) < 4.78 is 0. The SMILES string of the molecule is CC(=O)c1c(C)[nH]c(-c2nc(NCCc3ccccc3)sc2C)c1C. The third-order valence-electron chi connectivity index (χ3n) is 4.36. The minimum absolute atomic E-state index is 0.0894. The molecule has 0 fully saturated rings. The molecule has 2 N–H and O–H groups in total. The number of carbonyl (C=O) groups is 1. The number of benzene rings is 1. The normalized spacial score (nSPS) is 10.9. The number of rotatable bonds is 6. The van der Waals surface area contributed by atoms with Crippen LogP contribution in [0.4, 0.5) is 5.13 Å². The van der Waals surface area contributed by atoms with Crippen molar-refractivity contribution < 1.29 is 4.79 Å². The topological polar surface area (TPSA) is 57.8 Å². The second kappa shape index (κ2) is 7.23. The van der Waals surface area contributed by atoms with Gasteiger partial charge in [-0.2, -0.15) is 0 Å². The third-order valence-corrected chi connectivity index (χ3v) is 5.28. The number of thiazole rings is 1. The molecule has 0 saturated carbocycles. The van der Waals surface area contributed by atoms with Gasteiger partial charge in [-0.3, -0.25) is 4.79 Å². The Balaban J connectivity index is 1.77. The van der Waals surface area contributed by atoms with Gasteiger partial charge in [0.1, 0.15) is 5.69 Å². The third kappa shape index (κ3) is 3.66. The van der Waals surface area contributed by atoms with E-state index >= 15 is 0 Å². The molecular formula is C20H23N3OS. The molecule has 25 heavy (non-hydrogen) atoms. The van der Waals surface area contributed by atoms with E-state index < -0.39 is 0 Å². The highest BCUT2D eigenvalue weighted by molar-refractivity contribution is 7.16. The number of ketones is 1. The molecule has 3 rings (SSSR count). The zero-order chi connectivity index (χ0) is 18.0. The van der Waals surface area contributed by atoms with Gasteiger partial charge in [-0.15, -0.1) is 11.3 Å². The summed E-state index contributed by atoms with van der Waals surface area (Å²) in [5.41, 5.74) is 5.86. The standard InChI is InChI=1S/C20H23N3OS/c1-12-17(14(3)24)13(2)22-18(12)19-15(4)25-20(23-19)21-11-10-16-8-6-5-7-9-16/h5-9,22H,10-11H2,1-4H3,(H,21,23). The van der Waals surface area contributed by atoms with Gasteiger partial charge in [0.15, 0.2) is 10.9 Å². The Kier molecular flexibility index (Phi) is 5.04. The summed E-state index contributed by atoms with van der Waals surface area (Å²) >= 11 is 1.65. The van der Waals surface area contributed by atoms with E-state index in [4.69, 9.17) is 4.98 Å². The maximum atomic E-state index is 11.8. The molecular weight excluding hydrogens is 330 g/mol. The summed E-state index contributed by atoms with van der Waals surface area (Å²) in [6.45, 7) is 8.44. The van der Waals surface area contributed by atoms with Crippen LogP contribution >= 0.6 is 11.3 Å². The maximum absolute atomic E-state index is 11.8. The van der Waals surface area contributed by atoms with Crippen molar-refractivity contribution >= 4 is 22.3 Å². The van der Waals surface area contributed by atoms with Crippen molar-refractivity contribution in [1.29, 1.82) is 0 Å². The van der Waals surface area contributed by atoms with E-state index in [0.29, 0.717) is 0 Å². The molecule has 5 heteroatoms. The number of aromatic amines is 1. The Bertz CT molecular complexity index is 893. The van der Waals surface area contributed by atoms with Gasteiger partial charge in [0.25, 0.3) is 0 Å². The fourth-order valence-electron chi connectivity index (χ4n) is 3.18. The molecule has 0 radical (unpaired) electrons. The largest absolute Gasteiger partial charge is 0.361 e. The van der Waals surface area contributed by atoms with Gasteiger partial charge in [0.05, 0.1) is 5.69 Å². The average molecular weight is 353 g/mol. The first-order valence-electron chi connectivity index (χ1n) is 8.43. The summed E-state index contributed by atoms with van der Waals surface area (Å²) in [6, 6.07) is 10.4. The number of H-pyrrole nitrogens is 1. The second-order valence-corrected chi connectivity index (χ2v) is 7.47. The van der Waals surface area contributed by atoms with Gasteiger partial charge >= 0.3 is 0 Å². The van der Waals surface area contributed by atoms with E-state index in [9.17, 15) is 4.79 Å². The number of nitrogens with one attached hydrogen (secondary N) is 2. The molecule has 2 aromatic heterocycles. The molecule has 1 aromatic carbocycles. The van der Waals surface area contributed by atoms with Gasteiger partial charge in [0.2, 0.25) is 0 Å². The van der Waals surface area contributed by atoms with Gasteiger partial charge in [0, 0.05) is 22.7 Å². The smallest absolute Gasteiger partial charge is 0.183 e. The van der Waals surface area contributed by atoms with Crippen LogP contribution in [0.2, 0.25) is 0 Å². The number of aryl methyl sites for hydroxylation is 2. The van der Waals surface area contributed by atoms with Crippen molar-refractivity contribution in [3.63, 3.8) is 0 Å². The van der Waals surface area contributed by atoms with Crippen molar-refractivity contribution in [1.82, 2.24) is 9.97 Å². The highest BCUT2D eigenvalue weighted by Crippen LogP contribution is 2.34. The van der Waals surface area contributed by atoms with E-state index in [-0.39, 0.29) is 5.78 Å². The Morgan fingerprint density at radius 3 is 2.56 bits per heavy atom. The van der Waals surface area contributed by atoms with Crippen LogP contribution in [-0.2, 0) is 6.42 Å². The van der Waals surface area contributed by atoms with Gasteiger partial charge in [-0.25, -0.2) is 4.98 Å². The lowest BCUT2D eigenvalue weighted by Gasteiger charge is -2.02. The number of aromatic nitrogens is 2. The molecule has 0 amide bonds. The molecule has 0 unspecified atom stereocenters. The monoisotopic (exact) mass is 353 g/mol. The van der Waals surface area contributed by atoms with Gasteiger partial charge < -0.3 is 10.3 Å². The lowest BCUT2D eigenvalue weighted by molar-refractivity contribution is 0.101. The van der Waals surface area contributed by atoms with Crippen LogP contribution in [0.1, 0.15) is 39.0 Å². The molecule has 0 spiro atoms. The molecule has 0 aliphatic carbocycles. The van der Waals surface area contributed by atoms with Crippen LogP contribution in [0.5, 0.6) is 0 Å². The van der Waals surface area contributed by atoms with Crippen molar-refractivity contribution in [2.75, 3.05) is 11.9 Å². The molecule has 0 saturated heterocycles. The first kappa shape index (κ1) is 17.4. The zero-order valence-electron chi connectivity index (χ0n) is 15.1. The van der Waals surface area contributed by atoms with Crippen molar-refractivity contribution in [2.45, 2.75) is 34.1 Å². The number of hydrogen-bond acceptors (Lipinski definition) is 4. The number of anilines is 1. The average Bonchev–Trinajstić information content (AvgIpc) is 3.07. The highest BCUT2D eigenvalue weighted by atomic mass is 32.1. The van der Waals surface area contributed by atoms with E-state index in [0.717, 1.165) is 51.2 Å². The number of nitrogens with zero attached hydrogens (tertiary/aromatic N) is 1. The molecule has 0 aliphatic heterocycles. The molecule has 130 valence electrons. The first-order valence-corrected chi connectivity index (χ1v) is 9.24.